The second kappa shape index (κ2) is 5.72. The van der Waals surface area contributed by atoms with Gasteiger partial charge < -0.3 is 10.1 Å². The Bertz CT molecular complexity index is 526. The first-order valence-electron chi connectivity index (χ1n) is 7.88. The Balaban J connectivity index is 1.69. The van der Waals surface area contributed by atoms with Gasteiger partial charge in [0.05, 0.1) is 6.10 Å². The van der Waals surface area contributed by atoms with Gasteiger partial charge in [0.25, 0.3) is 5.91 Å². The Morgan fingerprint density at radius 1 is 1.48 bits per heavy atom. The predicted octanol–water partition coefficient (Wildman–Crippen LogP) is 2.25. The number of nitrogens with zero attached hydrogens (tertiary/aromatic N) is 2. The molecule has 1 heterocycles. The molecule has 5 heteroatoms. The molecular weight excluding hydrogens is 266 g/mol. The lowest BCUT2D eigenvalue weighted by Crippen LogP contribution is -2.63. The van der Waals surface area contributed by atoms with Crippen LogP contribution in [0.5, 0.6) is 0 Å². The fraction of sp³-hybridized carbons (Fsp3) is 0.688. The molecule has 2 saturated carbocycles. The third-order valence-corrected chi connectivity index (χ3v) is 5.00. The molecule has 1 amide bonds. The summed E-state index contributed by atoms with van der Waals surface area (Å²) in [5, 5.41) is 3.17. The lowest BCUT2D eigenvalue weighted by Gasteiger charge is -2.54. The number of hydrogen-bond donors (Lipinski definition) is 1. The van der Waals surface area contributed by atoms with E-state index in [1.165, 1.54) is 12.8 Å². The van der Waals surface area contributed by atoms with Crippen LogP contribution >= 0.6 is 0 Å². The zero-order chi connectivity index (χ0) is 14.9. The molecule has 2 aliphatic rings. The molecule has 114 valence electrons. The van der Waals surface area contributed by atoms with Crippen LogP contribution in [-0.2, 0) is 4.74 Å². The zero-order valence-electron chi connectivity index (χ0n) is 12.8. The minimum Gasteiger partial charge on any atom is -0.378 e. The van der Waals surface area contributed by atoms with Crippen molar-refractivity contribution in [3.05, 3.63) is 23.8 Å². The maximum atomic E-state index is 12.4. The second-order valence-corrected chi connectivity index (χ2v) is 6.14. The summed E-state index contributed by atoms with van der Waals surface area (Å²) < 4.78 is 5.88. The number of ether oxygens (including phenoxy) is 1. The van der Waals surface area contributed by atoms with Gasteiger partial charge in [-0.1, -0.05) is 12.8 Å². The van der Waals surface area contributed by atoms with Gasteiger partial charge in [-0.2, -0.15) is 0 Å². The van der Waals surface area contributed by atoms with Crippen molar-refractivity contribution in [1.82, 2.24) is 15.3 Å². The number of hydrogen-bond acceptors (Lipinski definition) is 4. The predicted molar refractivity (Wildman–Crippen MR) is 79.0 cm³/mol. The largest absolute Gasteiger partial charge is 0.378 e. The summed E-state index contributed by atoms with van der Waals surface area (Å²) in [6.07, 6.45) is 7.65. The Morgan fingerprint density at radius 2 is 2.24 bits per heavy atom. The molecule has 0 aromatic carbocycles. The second-order valence-electron chi connectivity index (χ2n) is 6.14. The molecule has 0 radical (unpaired) electrons. The van der Waals surface area contributed by atoms with E-state index in [0.717, 1.165) is 25.9 Å². The number of amides is 1. The minimum atomic E-state index is -0.0910. The van der Waals surface area contributed by atoms with Crippen molar-refractivity contribution in [2.45, 2.75) is 58.1 Å². The van der Waals surface area contributed by atoms with Crippen LogP contribution in [0.4, 0.5) is 0 Å². The Hall–Kier alpha value is -1.49. The average molecular weight is 289 g/mol. The van der Waals surface area contributed by atoms with Gasteiger partial charge in [-0.25, -0.2) is 9.97 Å². The van der Waals surface area contributed by atoms with Crippen molar-refractivity contribution < 1.29 is 9.53 Å². The Kier molecular flexibility index (Phi) is 3.93. The van der Waals surface area contributed by atoms with Crippen molar-refractivity contribution in [3.63, 3.8) is 0 Å². The van der Waals surface area contributed by atoms with Crippen LogP contribution < -0.4 is 5.32 Å². The molecule has 0 aliphatic heterocycles. The van der Waals surface area contributed by atoms with Gasteiger partial charge in [0.15, 0.2) is 0 Å². The van der Waals surface area contributed by atoms with Crippen LogP contribution in [-0.4, -0.2) is 34.6 Å². The van der Waals surface area contributed by atoms with Gasteiger partial charge in [-0.05, 0) is 39.2 Å². The van der Waals surface area contributed by atoms with E-state index in [4.69, 9.17) is 4.74 Å². The third kappa shape index (κ3) is 2.55. The molecule has 1 spiro atoms. The third-order valence-electron chi connectivity index (χ3n) is 5.00. The van der Waals surface area contributed by atoms with Crippen LogP contribution in [0.2, 0.25) is 0 Å². The molecule has 21 heavy (non-hydrogen) atoms. The molecule has 1 aromatic rings. The van der Waals surface area contributed by atoms with Gasteiger partial charge in [-0.15, -0.1) is 0 Å². The maximum absolute atomic E-state index is 12.4. The first kappa shape index (κ1) is 14.4. The number of aryl methyl sites for hydroxylation is 1. The van der Waals surface area contributed by atoms with E-state index >= 15 is 0 Å². The normalized spacial score (nSPS) is 26.6. The van der Waals surface area contributed by atoms with E-state index in [-0.39, 0.29) is 17.4 Å². The average Bonchev–Trinajstić information content (AvgIpc) is 2.98. The van der Waals surface area contributed by atoms with E-state index in [0.29, 0.717) is 17.6 Å². The summed E-state index contributed by atoms with van der Waals surface area (Å²) >= 11 is 0. The summed E-state index contributed by atoms with van der Waals surface area (Å²) in [6.45, 7) is 4.58. The quantitative estimate of drug-likeness (QED) is 0.923. The van der Waals surface area contributed by atoms with E-state index in [9.17, 15) is 4.79 Å². The van der Waals surface area contributed by atoms with Crippen LogP contribution in [0.3, 0.4) is 0 Å². The highest BCUT2D eigenvalue weighted by Gasteiger charge is 2.57. The van der Waals surface area contributed by atoms with Crippen molar-refractivity contribution in [1.29, 1.82) is 0 Å². The van der Waals surface area contributed by atoms with Crippen molar-refractivity contribution >= 4 is 5.91 Å². The summed E-state index contributed by atoms with van der Waals surface area (Å²) in [4.78, 5) is 20.6. The highest BCUT2D eigenvalue weighted by Crippen LogP contribution is 2.54. The Labute approximate surface area is 125 Å². The van der Waals surface area contributed by atoms with Crippen LogP contribution in [0, 0.1) is 12.3 Å². The van der Waals surface area contributed by atoms with Crippen LogP contribution in [0.1, 0.15) is 55.3 Å². The lowest BCUT2D eigenvalue weighted by atomic mass is 9.60. The van der Waals surface area contributed by atoms with Gasteiger partial charge >= 0.3 is 0 Å². The molecule has 1 aromatic heterocycles. The first-order valence-corrected chi connectivity index (χ1v) is 7.88. The molecule has 2 unspecified atom stereocenters. The zero-order valence-corrected chi connectivity index (χ0v) is 12.8. The van der Waals surface area contributed by atoms with Crippen LogP contribution in [0.25, 0.3) is 0 Å². The fourth-order valence-electron chi connectivity index (χ4n) is 3.90. The van der Waals surface area contributed by atoms with Crippen LogP contribution in [0.15, 0.2) is 12.3 Å². The molecule has 2 atom stereocenters. The van der Waals surface area contributed by atoms with Gasteiger partial charge in [-0.3, -0.25) is 4.79 Å². The van der Waals surface area contributed by atoms with Gasteiger partial charge in [0, 0.05) is 24.3 Å². The molecule has 0 saturated heterocycles. The number of nitrogens with one attached hydrogen (secondary N) is 1. The molecule has 2 aliphatic carbocycles. The van der Waals surface area contributed by atoms with Crippen molar-refractivity contribution in [2.24, 2.45) is 5.41 Å². The molecular formula is C16H23N3O2. The minimum absolute atomic E-state index is 0.0910. The standard InChI is InChI=1S/C16H23N3O2/c1-3-21-14-10-13(16(14)7-4-5-8-16)19-15(20)12-6-9-17-11(2)18-12/h6,9,13-14H,3-5,7-8,10H2,1-2H3,(H,19,20). The number of carbonyl (C=O) groups excluding carboxylic acids is 1. The van der Waals surface area contributed by atoms with Gasteiger partial charge in [0.1, 0.15) is 11.5 Å². The van der Waals surface area contributed by atoms with Crippen molar-refractivity contribution in [3.8, 4) is 0 Å². The topological polar surface area (TPSA) is 64.1 Å². The highest BCUT2D eigenvalue weighted by atomic mass is 16.5. The molecule has 3 rings (SSSR count). The summed E-state index contributed by atoms with van der Waals surface area (Å²) in [6, 6.07) is 1.89. The number of carbonyl (C=O) groups is 1. The van der Waals surface area contributed by atoms with E-state index in [1.54, 1.807) is 19.2 Å². The van der Waals surface area contributed by atoms with Gasteiger partial charge in [0.2, 0.25) is 0 Å². The summed E-state index contributed by atoms with van der Waals surface area (Å²) in [7, 11) is 0. The first-order chi connectivity index (χ1) is 10.2. The van der Waals surface area contributed by atoms with E-state index < -0.39 is 0 Å². The number of rotatable bonds is 4. The molecule has 0 bridgehead atoms. The molecule has 1 N–H and O–H groups in total. The summed E-state index contributed by atoms with van der Waals surface area (Å²) in [5.74, 6) is 0.533. The monoisotopic (exact) mass is 289 g/mol. The molecule has 2 fully saturated rings. The number of aromatic nitrogens is 2. The smallest absolute Gasteiger partial charge is 0.270 e. The summed E-state index contributed by atoms with van der Waals surface area (Å²) in [5.41, 5.74) is 0.615. The maximum Gasteiger partial charge on any atom is 0.270 e. The SMILES string of the molecule is CCOC1CC(NC(=O)c2ccnc(C)n2)C12CCCC2. The fourth-order valence-corrected chi connectivity index (χ4v) is 3.90. The highest BCUT2D eigenvalue weighted by molar-refractivity contribution is 5.92. The van der Waals surface area contributed by atoms with E-state index in [1.807, 2.05) is 6.92 Å². The van der Waals surface area contributed by atoms with Crippen molar-refractivity contribution in [2.75, 3.05) is 6.61 Å². The Morgan fingerprint density at radius 3 is 2.90 bits per heavy atom. The van der Waals surface area contributed by atoms with E-state index in [2.05, 4.69) is 15.3 Å². The lowest BCUT2D eigenvalue weighted by molar-refractivity contribution is -0.127. The molecule has 5 nitrogen and oxygen atoms in total.